The van der Waals surface area contributed by atoms with E-state index >= 15 is 0 Å². The summed E-state index contributed by atoms with van der Waals surface area (Å²) in [7, 11) is 0. The number of aryl methyl sites for hydroxylation is 1. The first-order valence-electron chi connectivity index (χ1n) is 7.37. The van der Waals surface area contributed by atoms with Crippen LogP contribution in [0.3, 0.4) is 0 Å². The van der Waals surface area contributed by atoms with Crippen molar-refractivity contribution in [2.75, 3.05) is 24.6 Å². The van der Waals surface area contributed by atoms with E-state index in [0.29, 0.717) is 16.7 Å². The van der Waals surface area contributed by atoms with Gasteiger partial charge >= 0.3 is 0 Å². The topological polar surface area (TPSA) is 38.3 Å². The van der Waals surface area contributed by atoms with E-state index in [1.54, 1.807) is 23.5 Å². The van der Waals surface area contributed by atoms with Crippen LogP contribution in [0.5, 0.6) is 5.75 Å². The van der Waals surface area contributed by atoms with Crippen molar-refractivity contribution in [1.82, 2.24) is 10.2 Å². The van der Waals surface area contributed by atoms with Crippen LogP contribution in [-0.4, -0.2) is 29.9 Å². The molecule has 2 aromatic rings. The minimum Gasteiger partial charge on any atom is -0.494 e. The lowest BCUT2D eigenvalue weighted by Gasteiger charge is -2.11. The molecule has 2 heterocycles. The molecule has 1 fully saturated rings. The number of halogens is 2. The van der Waals surface area contributed by atoms with Crippen molar-refractivity contribution in [2.24, 2.45) is 0 Å². The van der Waals surface area contributed by atoms with E-state index in [0.717, 1.165) is 41.8 Å². The Balaban J connectivity index is 1.44. The molecule has 4 nitrogen and oxygen atoms in total. The Bertz CT molecular complexity index is 629. The van der Waals surface area contributed by atoms with Crippen LogP contribution >= 0.6 is 34.5 Å². The summed E-state index contributed by atoms with van der Waals surface area (Å²) in [6, 6.07) is 5.30. The van der Waals surface area contributed by atoms with Gasteiger partial charge < -0.3 is 9.64 Å². The second kappa shape index (κ2) is 7.49. The van der Waals surface area contributed by atoms with Crippen molar-refractivity contribution in [3.63, 3.8) is 0 Å². The maximum absolute atomic E-state index is 5.95. The second-order valence-electron chi connectivity index (χ2n) is 5.20. The number of aromatic nitrogens is 2. The lowest BCUT2D eigenvalue weighted by atomic mass is 10.3. The van der Waals surface area contributed by atoms with Gasteiger partial charge in [0.05, 0.1) is 16.7 Å². The summed E-state index contributed by atoms with van der Waals surface area (Å²) in [5.41, 5.74) is 0. The minimum absolute atomic E-state index is 0.513. The first-order valence-corrected chi connectivity index (χ1v) is 8.95. The van der Waals surface area contributed by atoms with Gasteiger partial charge in [-0.15, -0.1) is 10.2 Å². The molecule has 0 spiro atoms. The first-order chi connectivity index (χ1) is 10.7. The van der Waals surface area contributed by atoms with Gasteiger partial charge in [-0.3, -0.25) is 0 Å². The van der Waals surface area contributed by atoms with E-state index in [2.05, 4.69) is 15.1 Å². The molecule has 0 atom stereocenters. The quantitative estimate of drug-likeness (QED) is 0.715. The van der Waals surface area contributed by atoms with Crippen molar-refractivity contribution in [1.29, 1.82) is 0 Å². The minimum atomic E-state index is 0.513. The van der Waals surface area contributed by atoms with Crippen LogP contribution in [0, 0.1) is 0 Å². The van der Waals surface area contributed by atoms with Crippen molar-refractivity contribution >= 4 is 39.7 Å². The Hall–Kier alpha value is -1.04. The highest BCUT2D eigenvalue weighted by Crippen LogP contribution is 2.27. The van der Waals surface area contributed by atoms with Gasteiger partial charge in [-0.25, -0.2) is 0 Å². The molecular weight excluding hydrogens is 341 g/mol. The van der Waals surface area contributed by atoms with Crippen molar-refractivity contribution in [3.8, 4) is 5.75 Å². The van der Waals surface area contributed by atoms with Gasteiger partial charge in [0.2, 0.25) is 5.13 Å². The summed E-state index contributed by atoms with van der Waals surface area (Å²) in [6.07, 6.45) is 4.29. The van der Waals surface area contributed by atoms with Crippen LogP contribution in [0.4, 0.5) is 5.13 Å². The highest BCUT2D eigenvalue weighted by Gasteiger charge is 2.16. The van der Waals surface area contributed by atoms with Crippen molar-refractivity contribution in [3.05, 3.63) is 33.3 Å². The Labute approximate surface area is 144 Å². The molecule has 0 aliphatic carbocycles. The number of anilines is 1. The molecule has 0 saturated carbocycles. The largest absolute Gasteiger partial charge is 0.494 e. The zero-order chi connectivity index (χ0) is 15.4. The summed E-state index contributed by atoms with van der Waals surface area (Å²) in [5.74, 6) is 0.740. The van der Waals surface area contributed by atoms with Crippen LogP contribution in [0.25, 0.3) is 0 Å². The van der Waals surface area contributed by atoms with E-state index in [9.17, 15) is 0 Å². The molecule has 0 radical (unpaired) electrons. The molecule has 1 aromatic heterocycles. The summed E-state index contributed by atoms with van der Waals surface area (Å²) in [5, 5.41) is 11.7. The molecule has 0 N–H and O–H groups in total. The molecular formula is C15H17Cl2N3OS. The monoisotopic (exact) mass is 357 g/mol. The van der Waals surface area contributed by atoms with Gasteiger partial charge in [-0.05, 0) is 31.4 Å². The third-order valence-corrected chi connectivity index (χ3v) is 5.31. The summed E-state index contributed by atoms with van der Waals surface area (Å²) in [6.45, 7) is 2.83. The third-order valence-electron chi connectivity index (χ3n) is 3.53. The maximum Gasteiger partial charge on any atom is 0.208 e. The molecule has 0 amide bonds. The number of ether oxygens (including phenoxy) is 1. The zero-order valence-electron chi connectivity index (χ0n) is 12.1. The number of hydrogen-bond donors (Lipinski definition) is 0. The van der Waals surface area contributed by atoms with Crippen molar-refractivity contribution < 1.29 is 4.74 Å². The summed E-state index contributed by atoms with van der Waals surface area (Å²) < 4.78 is 5.67. The normalized spacial score (nSPS) is 14.5. The molecule has 7 heteroatoms. The smallest absolute Gasteiger partial charge is 0.208 e. The molecule has 0 bridgehead atoms. The van der Waals surface area contributed by atoms with E-state index in [-0.39, 0.29) is 0 Å². The lowest BCUT2D eigenvalue weighted by Crippen LogP contribution is -2.17. The molecule has 3 rings (SSSR count). The molecule has 118 valence electrons. The van der Waals surface area contributed by atoms with Gasteiger partial charge in [-0.1, -0.05) is 34.5 Å². The lowest BCUT2D eigenvalue weighted by molar-refractivity contribution is 0.311. The van der Waals surface area contributed by atoms with Crippen LogP contribution in [-0.2, 0) is 6.42 Å². The molecule has 1 aliphatic rings. The average molecular weight is 358 g/mol. The Kier molecular flexibility index (Phi) is 5.39. The molecule has 0 unspecified atom stereocenters. The molecule has 1 aliphatic heterocycles. The van der Waals surface area contributed by atoms with Crippen molar-refractivity contribution in [2.45, 2.75) is 25.7 Å². The highest BCUT2D eigenvalue weighted by molar-refractivity contribution is 7.15. The standard InChI is InChI=1S/C15H17Cl2N3OS/c16-12-6-5-11(10-13(12)17)21-9-3-4-14-18-19-15(22-14)20-7-1-2-8-20/h5-6,10H,1-4,7-9H2. The van der Waals surface area contributed by atoms with Gasteiger partial charge in [0.25, 0.3) is 0 Å². The first kappa shape index (κ1) is 15.8. The van der Waals surface area contributed by atoms with E-state index in [1.165, 1.54) is 12.8 Å². The predicted octanol–water partition coefficient (Wildman–Crippen LogP) is 4.46. The zero-order valence-corrected chi connectivity index (χ0v) is 14.4. The van der Waals surface area contributed by atoms with Gasteiger partial charge in [0.1, 0.15) is 10.8 Å². The molecule has 1 saturated heterocycles. The van der Waals surface area contributed by atoms with Crippen LogP contribution in [0.15, 0.2) is 18.2 Å². The highest BCUT2D eigenvalue weighted by atomic mass is 35.5. The fourth-order valence-electron chi connectivity index (χ4n) is 2.36. The maximum atomic E-state index is 5.95. The summed E-state index contributed by atoms with van der Waals surface area (Å²) in [4.78, 5) is 2.31. The number of hydrogen-bond acceptors (Lipinski definition) is 5. The van der Waals surface area contributed by atoms with Gasteiger partial charge in [0.15, 0.2) is 0 Å². The molecule has 1 aromatic carbocycles. The van der Waals surface area contributed by atoms with E-state index < -0.39 is 0 Å². The summed E-state index contributed by atoms with van der Waals surface area (Å²) >= 11 is 13.5. The van der Waals surface area contributed by atoms with E-state index in [4.69, 9.17) is 27.9 Å². The molecule has 22 heavy (non-hydrogen) atoms. The fourth-order valence-corrected chi connectivity index (χ4v) is 3.58. The van der Waals surface area contributed by atoms with Gasteiger partial charge in [0, 0.05) is 25.6 Å². The Morgan fingerprint density at radius 2 is 1.95 bits per heavy atom. The predicted molar refractivity (Wildman–Crippen MR) is 91.6 cm³/mol. The Morgan fingerprint density at radius 3 is 2.73 bits per heavy atom. The number of benzene rings is 1. The van der Waals surface area contributed by atoms with Gasteiger partial charge in [-0.2, -0.15) is 0 Å². The SMILES string of the molecule is Clc1ccc(OCCCc2nnc(N3CCCC3)s2)cc1Cl. The number of rotatable bonds is 6. The van der Waals surface area contributed by atoms with Crippen LogP contribution < -0.4 is 9.64 Å². The fraction of sp³-hybridized carbons (Fsp3) is 0.467. The second-order valence-corrected chi connectivity index (χ2v) is 7.06. The third kappa shape index (κ3) is 4.03. The average Bonchev–Trinajstić information content (AvgIpc) is 3.17. The number of nitrogens with zero attached hydrogens (tertiary/aromatic N) is 3. The van der Waals surface area contributed by atoms with Crippen LogP contribution in [0.2, 0.25) is 10.0 Å². The van der Waals surface area contributed by atoms with E-state index in [1.807, 2.05) is 6.07 Å². The van der Waals surface area contributed by atoms with Crippen LogP contribution in [0.1, 0.15) is 24.3 Å². The Morgan fingerprint density at radius 1 is 1.14 bits per heavy atom.